The third-order valence-electron chi connectivity index (χ3n) is 3.99. The molecular weight excluding hydrogens is 160 g/mol. The Bertz CT molecular complexity index is 189. The quantitative estimate of drug-likeness (QED) is 0.653. The van der Waals surface area contributed by atoms with Gasteiger partial charge in [0.15, 0.2) is 0 Å². The minimum Gasteiger partial charge on any atom is -0.311 e. The van der Waals surface area contributed by atoms with E-state index in [1.165, 1.54) is 51.7 Å². The SMILES string of the molecule is C1CCN2CC(C3CC3)NCC2C1. The molecule has 1 saturated carbocycles. The van der Waals surface area contributed by atoms with Crippen LogP contribution in [0.2, 0.25) is 0 Å². The number of hydrogen-bond donors (Lipinski definition) is 1. The first-order chi connectivity index (χ1) is 6.43. The van der Waals surface area contributed by atoms with Crippen LogP contribution >= 0.6 is 0 Å². The van der Waals surface area contributed by atoms with E-state index in [-0.39, 0.29) is 0 Å². The molecule has 2 saturated heterocycles. The molecule has 0 bridgehead atoms. The maximum atomic E-state index is 3.74. The summed E-state index contributed by atoms with van der Waals surface area (Å²) in [5, 5.41) is 3.74. The van der Waals surface area contributed by atoms with Gasteiger partial charge in [-0.3, -0.25) is 4.90 Å². The minimum absolute atomic E-state index is 0.842. The molecule has 0 radical (unpaired) electrons. The molecule has 0 amide bonds. The van der Waals surface area contributed by atoms with Gasteiger partial charge in [0.1, 0.15) is 0 Å². The largest absolute Gasteiger partial charge is 0.311 e. The summed E-state index contributed by atoms with van der Waals surface area (Å²) < 4.78 is 0. The van der Waals surface area contributed by atoms with E-state index in [0.717, 1.165) is 18.0 Å². The molecule has 0 aromatic carbocycles. The predicted octanol–water partition coefficient (Wildman–Crippen LogP) is 1.22. The number of rotatable bonds is 1. The fourth-order valence-corrected chi connectivity index (χ4v) is 2.95. The first-order valence-electron chi connectivity index (χ1n) is 5.91. The van der Waals surface area contributed by atoms with Crippen molar-refractivity contribution in [1.29, 1.82) is 0 Å². The molecule has 3 aliphatic rings. The van der Waals surface area contributed by atoms with Crippen molar-refractivity contribution in [3.05, 3.63) is 0 Å². The predicted molar refractivity (Wildman–Crippen MR) is 53.7 cm³/mol. The van der Waals surface area contributed by atoms with Gasteiger partial charge in [-0.15, -0.1) is 0 Å². The van der Waals surface area contributed by atoms with Crippen LogP contribution < -0.4 is 5.32 Å². The second kappa shape index (κ2) is 3.25. The molecule has 2 aliphatic heterocycles. The average molecular weight is 180 g/mol. The zero-order valence-electron chi connectivity index (χ0n) is 8.34. The zero-order valence-corrected chi connectivity index (χ0v) is 8.34. The van der Waals surface area contributed by atoms with E-state index in [1.807, 2.05) is 0 Å². The highest BCUT2D eigenvalue weighted by molar-refractivity contribution is 4.95. The number of nitrogens with one attached hydrogen (secondary N) is 1. The Balaban J connectivity index is 1.62. The summed E-state index contributed by atoms with van der Waals surface area (Å²) in [5.41, 5.74) is 0. The van der Waals surface area contributed by atoms with Crippen LogP contribution in [0.15, 0.2) is 0 Å². The number of piperazine rings is 1. The Morgan fingerprint density at radius 3 is 2.85 bits per heavy atom. The van der Waals surface area contributed by atoms with Crippen LogP contribution in [0.4, 0.5) is 0 Å². The minimum atomic E-state index is 0.842. The second-order valence-corrected chi connectivity index (χ2v) is 5.00. The van der Waals surface area contributed by atoms with E-state index in [0.29, 0.717) is 0 Å². The topological polar surface area (TPSA) is 15.3 Å². The lowest BCUT2D eigenvalue weighted by Crippen LogP contribution is -2.58. The van der Waals surface area contributed by atoms with Crippen molar-refractivity contribution < 1.29 is 0 Å². The molecule has 0 aromatic rings. The van der Waals surface area contributed by atoms with E-state index >= 15 is 0 Å². The van der Waals surface area contributed by atoms with Crippen LogP contribution in [0.5, 0.6) is 0 Å². The van der Waals surface area contributed by atoms with Crippen molar-refractivity contribution in [1.82, 2.24) is 10.2 Å². The van der Waals surface area contributed by atoms with Gasteiger partial charge in [0.05, 0.1) is 0 Å². The lowest BCUT2D eigenvalue weighted by molar-refractivity contribution is 0.0892. The molecule has 74 valence electrons. The average Bonchev–Trinajstić information content (AvgIpc) is 3.00. The molecule has 2 nitrogen and oxygen atoms in total. The van der Waals surface area contributed by atoms with Gasteiger partial charge in [-0.1, -0.05) is 6.42 Å². The molecule has 3 fully saturated rings. The van der Waals surface area contributed by atoms with Crippen LogP contribution in [0.1, 0.15) is 32.1 Å². The molecule has 1 aliphatic carbocycles. The van der Waals surface area contributed by atoms with Crippen molar-refractivity contribution in [3.63, 3.8) is 0 Å². The fraction of sp³-hybridized carbons (Fsp3) is 1.00. The van der Waals surface area contributed by atoms with Gasteiger partial charge in [-0.05, 0) is 38.1 Å². The molecule has 2 heterocycles. The second-order valence-electron chi connectivity index (χ2n) is 5.00. The number of fused-ring (bicyclic) bond motifs is 1. The Kier molecular flexibility index (Phi) is 2.06. The summed E-state index contributed by atoms with van der Waals surface area (Å²) in [4.78, 5) is 2.74. The van der Waals surface area contributed by atoms with Crippen LogP contribution in [0.25, 0.3) is 0 Å². The third-order valence-corrected chi connectivity index (χ3v) is 3.99. The molecule has 0 spiro atoms. The first-order valence-corrected chi connectivity index (χ1v) is 5.91. The summed E-state index contributed by atoms with van der Waals surface area (Å²) in [6.45, 7) is 3.98. The van der Waals surface area contributed by atoms with Crippen molar-refractivity contribution >= 4 is 0 Å². The van der Waals surface area contributed by atoms with E-state index in [4.69, 9.17) is 0 Å². The highest BCUT2D eigenvalue weighted by atomic mass is 15.2. The molecule has 2 atom stereocenters. The molecule has 1 N–H and O–H groups in total. The van der Waals surface area contributed by atoms with Gasteiger partial charge >= 0.3 is 0 Å². The van der Waals surface area contributed by atoms with E-state index < -0.39 is 0 Å². The maximum absolute atomic E-state index is 3.74. The van der Waals surface area contributed by atoms with E-state index in [1.54, 1.807) is 0 Å². The van der Waals surface area contributed by atoms with Crippen LogP contribution in [-0.4, -0.2) is 36.6 Å². The summed E-state index contributed by atoms with van der Waals surface area (Å²) in [5.74, 6) is 1.03. The van der Waals surface area contributed by atoms with Gasteiger partial charge < -0.3 is 5.32 Å². The van der Waals surface area contributed by atoms with Crippen molar-refractivity contribution in [2.24, 2.45) is 5.92 Å². The fourth-order valence-electron chi connectivity index (χ4n) is 2.95. The smallest absolute Gasteiger partial charge is 0.0224 e. The van der Waals surface area contributed by atoms with Crippen LogP contribution in [0.3, 0.4) is 0 Å². The van der Waals surface area contributed by atoms with E-state index in [9.17, 15) is 0 Å². The highest BCUT2D eigenvalue weighted by Crippen LogP contribution is 2.35. The lowest BCUT2D eigenvalue weighted by Gasteiger charge is -2.43. The van der Waals surface area contributed by atoms with Gasteiger partial charge in [0.2, 0.25) is 0 Å². The summed E-state index contributed by atoms with van der Waals surface area (Å²) in [7, 11) is 0. The summed E-state index contributed by atoms with van der Waals surface area (Å²) >= 11 is 0. The Labute approximate surface area is 80.7 Å². The van der Waals surface area contributed by atoms with Crippen molar-refractivity contribution in [3.8, 4) is 0 Å². The molecule has 2 heteroatoms. The highest BCUT2D eigenvalue weighted by Gasteiger charge is 2.37. The molecular formula is C11H20N2. The molecule has 3 rings (SSSR count). The number of hydrogen-bond acceptors (Lipinski definition) is 2. The normalized spacial score (nSPS) is 41.5. The number of piperidine rings is 1. The molecule has 13 heavy (non-hydrogen) atoms. The van der Waals surface area contributed by atoms with Gasteiger partial charge in [-0.25, -0.2) is 0 Å². The Morgan fingerprint density at radius 2 is 2.00 bits per heavy atom. The first kappa shape index (κ1) is 8.25. The monoisotopic (exact) mass is 180 g/mol. The van der Waals surface area contributed by atoms with E-state index in [2.05, 4.69) is 10.2 Å². The third kappa shape index (κ3) is 1.62. The van der Waals surface area contributed by atoms with Gasteiger partial charge in [-0.2, -0.15) is 0 Å². The standard InChI is InChI=1S/C11H20N2/c1-2-6-13-8-11(9-4-5-9)12-7-10(13)3-1/h9-12H,1-8H2. The van der Waals surface area contributed by atoms with Crippen molar-refractivity contribution in [2.45, 2.75) is 44.2 Å². The lowest BCUT2D eigenvalue weighted by atomic mass is 9.97. The van der Waals surface area contributed by atoms with Crippen molar-refractivity contribution in [2.75, 3.05) is 19.6 Å². The number of nitrogens with zero attached hydrogens (tertiary/aromatic N) is 1. The van der Waals surface area contributed by atoms with Gasteiger partial charge in [0.25, 0.3) is 0 Å². The van der Waals surface area contributed by atoms with Crippen LogP contribution in [0, 0.1) is 5.92 Å². The molecule has 0 aromatic heterocycles. The van der Waals surface area contributed by atoms with Crippen LogP contribution in [-0.2, 0) is 0 Å². The maximum Gasteiger partial charge on any atom is 0.0224 e. The Morgan fingerprint density at radius 1 is 1.08 bits per heavy atom. The zero-order chi connectivity index (χ0) is 8.67. The summed E-state index contributed by atoms with van der Waals surface area (Å²) in [6, 6.07) is 1.72. The Hall–Kier alpha value is -0.0800. The molecule has 2 unspecified atom stereocenters. The van der Waals surface area contributed by atoms with Gasteiger partial charge in [0, 0.05) is 25.2 Å². The summed E-state index contributed by atoms with van der Waals surface area (Å²) in [6.07, 6.45) is 7.29.